The predicted octanol–water partition coefficient (Wildman–Crippen LogP) is 2.84. The summed E-state index contributed by atoms with van der Waals surface area (Å²) in [5.74, 6) is -0.772. The average molecular weight is 322 g/mol. The topological polar surface area (TPSA) is 57.6 Å². The second kappa shape index (κ2) is 4.94. The van der Waals surface area contributed by atoms with Gasteiger partial charge >= 0.3 is 0 Å². The van der Waals surface area contributed by atoms with E-state index in [0.717, 1.165) is 0 Å². The zero-order valence-electron chi connectivity index (χ0n) is 11.2. The molecule has 0 saturated heterocycles. The monoisotopic (exact) mass is 321 g/mol. The van der Waals surface area contributed by atoms with E-state index in [1.807, 2.05) is 0 Å². The number of halogens is 1. The summed E-state index contributed by atoms with van der Waals surface area (Å²) in [4.78, 5) is 26.5. The fraction of sp³-hybridized carbons (Fsp3) is 0.200. The Morgan fingerprint density at radius 1 is 1.43 bits per heavy atom. The summed E-state index contributed by atoms with van der Waals surface area (Å²) in [5, 5.41) is 13.0. The zero-order chi connectivity index (χ0) is 15.2. The number of rotatable bonds is 3. The van der Waals surface area contributed by atoms with Crippen LogP contribution in [0.2, 0.25) is 5.02 Å². The Bertz CT molecular complexity index is 729. The third-order valence-corrected chi connectivity index (χ3v) is 4.78. The number of ketones is 1. The van der Waals surface area contributed by atoms with Gasteiger partial charge in [-0.1, -0.05) is 17.7 Å². The largest absolute Gasteiger partial charge is 0.375 e. The maximum Gasteiger partial charge on any atom is 0.263 e. The van der Waals surface area contributed by atoms with Crippen molar-refractivity contribution in [2.75, 3.05) is 11.9 Å². The Balaban J connectivity index is 2.03. The first-order valence-electron chi connectivity index (χ1n) is 6.31. The van der Waals surface area contributed by atoms with Gasteiger partial charge in [-0.15, -0.1) is 11.3 Å². The van der Waals surface area contributed by atoms with E-state index in [9.17, 15) is 14.7 Å². The van der Waals surface area contributed by atoms with E-state index in [-0.39, 0.29) is 12.2 Å². The lowest BCUT2D eigenvalue weighted by atomic mass is 9.89. The van der Waals surface area contributed by atoms with Crippen molar-refractivity contribution in [3.63, 3.8) is 0 Å². The Morgan fingerprint density at radius 2 is 2.19 bits per heavy atom. The highest BCUT2D eigenvalue weighted by atomic mass is 35.5. The minimum atomic E-state index is -1.85. The number of thiophene rings is 1. The molecule has 6 heteroatoms. The SMILES string of the molecule is CN1C(=O)C(O)(CC(=O)c2cccs2)c2cc(Cl)ccc21. The fourth-order valence-electron chi connectivity index (χ4n) is 2.56. The van der Waals surface area contributed by atoms with Gasteiger partial charge in [0.1, 0.15) is 0 Å². The van der Waals surface area contributed by atoms with Crippen LogP contribution in [-0.4, -0.2) is 23.8 Å². The van der Waals surface area contributed by atoms with E-state index in [4.69, 9.17) is 11.6 Å². The van der Waals surface area contributed by atoms with Crippen molar-refractivity contribution in [1.82, 2.24) is 0 Å². The van der Waals surface area contributed by atoms with Gasteiger partial charge in [0, 0.05) is 17.6 Å². The molecule has 1 aromatic heterocycles. The van der Waals surface area contributed by atoms with Gasteiger partial charge in [0.05, 0.1) is 17.0 Å². The molecule has 0 radical (unpaired) electrons. The molecule has 1 aliphatic heterocycles. The molecule has 0 saturated carbocycles. The highest BCUT2D eigenvalue weighted by Gasteiger charge is 2.49. The van der Waals surface area contributed by atoms with Crippen molar-refractivity contribution >= 4 is 40.3 Å². The number of likely N-dealkylation sites (N-methyl/N-ethyl adjacent to an activating group) is 1. The normalized spacial score (nSPS) is 20.7. The van der Waals surface area contributed by atoms with Crippen LogP contribution in [0.3, 0.4) is 0 Å². The summed E-state index contributed by atoms with van der Waals surface area (Å²) in [6, 6.07) is 8.30. The fourth-order valence-corrected chi connectivity index (χ4v) is 3.40. The van der Waals surface area contributed by atoms with Gasteiger partial charge in [0.15, 0.2) is 11.4 Å². The van der Waals surface area contributed by atoms with Gasteiger partial charge < -0.3 is 10.0 Å². The summed E-state index contributed by atoms with van der Waals surface area (Å²) in [5.41, 5.74) is -0.894. The Hall–Kier alpha value is -1.69. The number of fused-ring (bicyclic) bond motifs is 1. The van der Waals surface area contributed by atoms with Gasteiger partial charge in [-0.25, -0.2) is 0 Å². The maximum absolute atomic E-state index is 12.4. The van der Waals surface area contributed by atoms with Crippen molar-refractivity contribution in [3.05, 3.63) is 51.2 Å². The molecule has 1 unspecified atom stereocenters. The second-order valence-corrected chi connectivity index (χ2v) is 6.35. The van der Waals surface area contributed by atoms with Crippen LogP contribution >= 0.6 is 22.9 Å². The summed E-state index contributed by atoms with van der Waals surface area (Å²) >= 11 is 7.25. The molecular formula is C15H12ClNO3S. The van der Waals surface area contributed by atoms with Crippen molar-refractivity contribution < 1.29 is 14.7 Å². The van der Waals surface area contributed by atoms with Crippen molar-refractivity contribution in [2.45, 2.75) is 12.0 Å². The van der Waals surface area contributed by atoms with Crippen LogP contribution < -0.4 is 4.90 Å². The summed E-state index contributed by atoms with van der Waals surface area (Å²) < 4.78 is 0. The molecule has 2 aromatic rings. The minimum Gasteiger partial charge on any atom is -0.375 e. The lowest BCUT2D eigenvalue weighted by Crippen LogP contribution is -2.40. The molecule has 1 aromatic carbocycles. The standard InChI is InChI=1S/C15H12ClNO3S/c1-17-11-5-4-9(16)7-10(11)15(20,14(17)19)8-12(18)13-3-2-6-21-13/h2-7,20H,8H2,1H3. The average Bonchev–Trinajstić information content (AvgIpc) is 3.04. The van der Waals surface area contributed by atoms with Gasteiger partial charge in [-0.3, -0.25) is 9.59 Å². The Labute approximate surface area is 130 Å². The van der Waals surface area contributed by atoms with Gasteiger partial charge in [-0.05, 0) is 29.6 Å². The number of hydrogen-bond donors (Lipinski definition) is 1. The van der Waals surface area contributed by atoms with Gasteiger partial charge in [-0.2, -0.15) is 0 Å². The molecule has 1 aliphatic rings. The first-order chi connectivity index (χ1) is 9.93. The molecule has 21 heavy (non-hydrogen) atoms. The third kappa shape index (κ3) is 2.18. The first-order valence-corrected chi connectivity index (χ1v) is 7.56. The van der Waals surface area contributed by atoms with Gasteiger partial charge in [0.25, 0.3) is 5.91 Å². The van der Waals surface area contributed by atoms with Crippen LogP contribution in [-0.2, 0) is 10.4 Å². The second-order valence-electron chi connectivity index (χ2n) is 4.96. The van der Waals surface area contributed by atoms with Crippen LogP contribution in [0.4, 0.5) is 5.69 Å². The molecular weight excluding hydrogens is 310 g/mol. The van der Waals surface area contributed by atoms with Crippen LogP contribution in [0.1, 0.15) is 21.7 Å². The summed E-state index contributed by atoms with van der Waals surface area (Å²) in [6.45, 7) is 0. The molecule has 1 atom stereocenters. The lowest BCUT2D eigenvalue weighted by Gasteiger charge is -2.20. The molecule has 0 aliphatic carbocycles. The number of carbonyl (C=O) groups is 2. The van der Waals surface area contributed by atoms with E-state index in [2.05, 4.69) is 0 Å². The van der Waals surface area contributed by atoms with E-state index in [1.165, 1.54) is 16.2 Å². The molecule has 108 valence electrons. The van der Waals surface area contributed by atoms with Crippen LogP contribution in [0, 0.1) is 0 Å². The van der Waals surface area contributed by atoms with Crippen molar-refractivity contribution in [1.29, 1.82) is 0 Å². The molecule has 1 amide bonds. The Kier molecular flexibility index (Phi) is 3.36. The quantitative estimate of drug-likeness (QED) is 0.884. The molecule has 4 nitrogen and oxygen atoms in total. The number of Topliss-reactive ketones (excluding diaryl/α,β-unsaturated/α-hetero) is 1. The van der Waals surface area contributed by atoms with Crippen LogP contribution in [0.5, 0.6) is 0 Å². The van der Waals surface area contributed by atoms with Crippen molar-refractivity contribution in [2.24, 2.45) is 0 Å². The highest BCUT2D eigenvalue weighted by Crippen LogP contribution is 2.43. The van der Waals surface area contributed by atoms with Crippen LogP contribution in [0.25, 0.3) is 0 Å². The van der Waals surface area contributed by atoms with E-state index < -0.39 is 11.5 Å². The predicted molar refractivity (Wildman–Crippen MR) is 82.0 cm³/mol. The smallest absolute Gasteiger partial charge is 0.263 e. The highest BCUT2D eigenvalue weighted by molar-refractivity contribution is 7.12. The van der Waals surface area contributed by atoms with Gasteiger partial charge in [0.2, 0.25) is 0 Å². The molecule has 1 N–H and O–H groups in total. The molecule has 0 fully saturated rings. The Morgan fingerprint density at radius 3 is 2.86 bits per heavy atom. The molecule has 0 bridgehead atoms. The minimum absolute atomic E-state index is 0.262. The number of aliphatic hydroxyl groups is 1. The van der Waals surface area contributed by atoms with Crippen LogP contribution in [0.15, 0.2) is 35.7 Å². The lowest BCUT2D eigenvalue weighted by molar-refractivity contribution is -0.135. The van der Waals surface area contributed by atoms with E-state index in [1.54, 1.807) is 42.8 Å². The van der Waals surface area contributed by atoms with E-state index >= 15 is 0 Å². The zero-order valence-corrected chi connectivity index (χ0v) is 12.7. The number of anilines is 1. The number of nitrogens with zero attached hydrogens (tertiary/aromatic N) is 1. The molecule has 0 spiro atoms. The summed E-state index contributed by atoms with van der Waals surface area (Å²) in [6.07, 6.45) is -0.288. The maximum atomic E-state index is 12.4. The number of amides is 1. The molecule has 2 heterocycles. The third-order valence-electron chi connectivity index (χ3n) is 3.64. The summed E-state index contributed by atoms with van der Waals surface area (Å²) in [7, 11) is 1.57. The number of benzene rings is 1. The molecule has 3 rings (SSSR count). The number of hydrogen-bond acceptors (Lipinski definition) is 4. The first kappa shape index (κ1) is 14.3. The van der Waals surface area contributed by atoms with E-state index in [0.29, 0.717) is 21.2 Å². The number of carbonyl (C=O) groups excluding carboxylic acids is 2. The van der Waals surface area contributed by atoms with Crippen molar-refractivity contribution in [3.8, 4) is 0 Å².